The first-order valence-corrected chi connectivity index (χ1v) is 6.95. The van der Waals surface area contributed by atoms with E-state index in [0.29, 0.717) is 6.17 Å². The first-order chi connectivity index (χ1) is 7.79. The molecule has 0 saturated carbocycles. The van der Waals surface area contributed by atoms with Gasteiger partial charge in [0.15, 0.2) is 0 Å². The van der Waals surface area contributed by atoms with Gasteiger partial charge >= 0.3 is 0 Å². The van der Waals surface area contributed by atoms with E-state index in [1.54, 1.807) is 0 Å². The summed E-state index contributed by atoms with van der Waals surface area (Å²) >= 11 is 0. The Morgan fingerprint density at radius 1 is 0.938 bits per heavy atom. The Morgan fingerprint density at radius 2 is 1.69 bits per heavy atom. The molecule has 2 heteroatoms. The number of rotatable bonds is 8. The molecule has 1 aliphatic heterocycles. The number of hydrogen-bond acceptors (Lipinski definition) is 2. The lowest BCUT2D eigenvalue weighted by Crippen LogP contribution is -2.36. The largest absolute Gasteiger partial charge is 0.359 e. The summed E-state index contributed by atoms with van der Waals surface area (Å²) in [5.41, 5.74) is 0. The van der Waals surface area contributed by atoms with Gasteiger partial charge in [-0.1, -0.05) is 46.0 Å². The van der Waals surface area contributed by atoms with E-state index in [9.17, 15) is 0 Å². The minimum absolute atomic E-state index is 0.621. The number of hydrogen-bond donors (Lipinski definition) is 0. The Kier molecular flexibility index (Phi) is 6.36. The fourth-order valence-electron chi connectivity index (χ4n) is 2.37. The van der Waals surface area contributed by atoms with E-state index >= 15 is 0 Å². The SMILES string of the molecule is CCCCCCCN1C=CN(C)C1CCC. The predicted molar refractivity (Wildman–Crippen MR) is 71.1 cm³/mol. The number of unbranched alkanes of at least 4 members (excludes halogenated alkanes) is 4. The van der Waals surface area contributed by atoms with Gasteiger partial charge in [-0.15, -0.1) is 0 Å². The molecule has 0 amide bonds. The smallest absolute Gasteiger partial charge is 0.100 e. The van der Waals surface area contributed by atoms with Gasteiger partial charge in [-0.25, -0.2) is 0 Å². The van der Waals surface area contributed by atoms with Crippen LogP contribution in [0.3, 0.4) is 0 Å². The van der Waals surface area contributed by atoms with Crippen LogP contribution in [0.25, 0.3) is 0 Å². The minimum Gasteiger partial charge on any atom is -0.359 e. The van der Waals surface area contributed by atoms with Gasteiger partial charge in [0.1, 0.15) is 6.17 Å². The summed E-state index contributed by atoms with van der Waals surface area (Å²) in [6, 6.07) is 0. The third-order valence-electron chi connectivity index (χ3n) is 3.41. The molecule has 0 aromatic heterocycles. The summed E-state index contributed by atoms with van der Waals surface area (Å²) in [4.78, 5) is 4.85. The lowest BCUT2D eigenvalue weighted by Gasteiger charge is -2.30. The molecular formula is C14H28N2. The van der Waals surface area contributed by atoms with Crippen molar-refractivity contribution in [3.63, 3.8) is 0 Å². The van der Waals surface area contributed by atoms with Crippen LogP contribution in [0.2, 0.25) is 0 Å². The molecule has 16 heavy (non-hydrogen) atoms. The first kappa shape index (κ1) is 13.4. The zero-order valence-corrected chi connectivity index (χ0v) is 11.3. The molecule has 0 aromatic rings. The Labute approximate surface area is 101 Å². The molecule has 1 aliphatic rings. The van der Waals surface area contributed by atoms with Crippen molar-refractivity contribution in [1.29, 1.82) is 0 Å². The van der Waals surface area contributed by atoms with Crippen molar-refractivity contribution in [3.05, 3.63) is 12.4 Å². The first-order valence-electron chi connectivity index (χ1n) is 6.95. The van der Waals surface area contributed by atoms with Crippen LogP contribution in [0, 0.1) is 0 Å². The van der Waals surface area contributed by atoms with Crippen molar-refractivity contribution >= 4 is 0 Å². The van der Waals surface area contributed by atoms with Gasteiger partial charge in [-0.3, -0.25) is 0 Å². The molecule has 2 nitrogen and oxygen atoms in total. The lowest BCUT2D eigenvalue weighted by atomic mass is 10.1. The van der Waals surface area contributed by atoms with Gasteiger partial charge in [0.25, 0.3) is 0 Å². The Hall–Kier alpha value is -0.660. The fourth-order valence-corrected chi connectivity index (χ4v) is 2.37. The van der Waals surface area contributed by atoms with Gasteiger partial charge < -0.3 is 9.80 Å². The molecule has 0 bridgehead atoms. The van der Waals surface area contributed by atoms with E-state index < -0.39 is 0 Å². The van der Waals surface area contributed by atoms with Crippen molar-refractivity contribution in [3.8, 4) is 0 Å². The Bertz CT molecular complexity index is 201. The second-order valence-electron chi connectivity index (χ2n) is 4.88. The molecule has 0 saturated heterocycles. The predicted octanol–water partition coefficient (Wildman–Crippen LogP) is 3.80. The van der Waals surface area contributed by atoms with Crippen LogP contribution in [-0.2, 0) is 0 Å². The number of nitrogens with zero attached hydrogens (tertiary/aromatic N) is 2. The fraction of sp³-hybridized carbons (Fsp3) is 0.857. The van der Waals surface area contributed by atoms with E-state index in [4.69, 9.17) is 0 Å². The van der Waals surface area contributed by atoms with Crippen LogP contribution in [0.4, 0.5) is 0 Å². The molecule has 0 spiro atoms. The second kappa shape index (κ2) is 7.59. The standard InChI is InChI=1S/C14H28N2/c1-4-6-7-8-9-11-16-13-12-15(3)14(16)10-5-2/h12-14H,4-11H2,1-3H3. The summed E-state index contributed by atoms with van der Waals surface area (Å²) in [5.74, 6) is 0. The Balaban J connectivity index is 2.17. The maximum absolute atomic E-state index is 2.51. The normalized spacial score (nSPS) is 19.8. The van der Waals surface area contributed by atoms with Crippen LogP contribution in [0.5, 0.6) is 0 Å². The van der Waals surface area contributed by atoms with Crippen LogP contribution < -0.4 is 0 Å². The van der Waals surface area contributed by atoms with Crippen molar-refractivity contribution in [2.75, 3.05) is 13.6 Å². The highest BCUT2D eigenvalue weighted by Crippen LogP contribution is 2.19. The molecule has 94 valence electrons. The van der Waals surface area contributed by atoms with Crippen molar-refractivity contribution in [2.45, 2.75) is 65.0 Å². The van der Waals surface area contributed by atoms with Gasteiger partial charge in [0.2, 0.25) is 0 Å². The molecule has 0 aliphatic carbocycles. The molecule has 1 rings (SSSR count). The van der Waals surface area contributed by atoms with Gasteiger partial charge in [0.05, 0.1) is 0 Å². The van der Waals surface area contributed by atoms with Crippen molar-refractivity contribution < 1.29 is 0 Å². The topological polar surface area (TPSA) is 6.48 Å². The summed E-state index contributed by atoms with van der Waals surface area (Å²) < 4.78 is 0. The average Bonchev–Trinajstić information content (AvgIpc) is 2.62. The minimum atomic E-state index is 0.621. The summed E-state index contributed by atoms with van der Waals surface area (Å²) in [5, 5.41) is 0. The van der Waals surface area contributed by atoms with Crippen LogP contribution in [-0.4, -0.2) is 29.6 Å². The highest BCUT2D eigenvalue weighted by molar-refractivity contribution is 4.95. The van der Waals surface area contributed by atoms with Crippen molar-refractivity contribution in [1.82, 2.24) is 9.80 Å². The Morgan fingerprint density at radius 3 is 2.38 bits per heavy atom. The lowest BCUT2D eigenvalue weighted by molar-refractivity contribution is 0.162. The van der Waals surface area contributed by atoms with Gasteiger partial charge in [0, 0.05) is 26.0 Å². The highest BCUT2D eigenvalue weighted by atomic mass is 15.4. The zero-order chi connectivity index (χ0) is 11.8. The van der Waals surface area contributed by atoms with E-state index in [0.717, 1.165) is 0 Å². The monoisotopic (exact) mass is 224 g/mol. The van der Waals surface area contributed by atoms with Gasteiger partial charge in [-0.05, 0) is 12.8 Å². The van der Waals surface area contributed by atoms with Crippen LogP contribution in [0.1, 0.15) is 58.8 Å². The third kappa shape index (κ3) is 4.07. The third-order valence-corrected chi connectivity index (χ3v) is 3.41. The maximum Gasteiger partial charge on any atom is 0.100 e. The molecule has 0 N–H and O–H groups in total. The van der Waals surface area contributed by atoms with E-state index in [-0.39, 0.29) is 0 Å². The second-order valence-corrected chi connectivity index (χ2v) is 4.88. The molecular weight excluding hydrogens is 196 g/mol. The van der Waals surface area contributed by atoms with E-state index in [2.05, 4.69) is 43.1 Å². The molecule has 1 heterocycles. The molecule has 0 radical (unpaired) electrons. The summed E-state index contributed by atoms with van der Waals surface area (Å²) in [6.45, 7) is 5.77. The van der Waals surface area contributed by atoms with Gasteiger partial charge in [-0.2, -0.15) is 0 Å². The zero-order valence-electron chi connectivity index (χ0n) is 11.3. The average molecular weight is 224 g/mol. The van der Waals surface area contributed by atoms with Crippen LogP contribution >= 0.6 is 0 Å². The molecule has 1 atom stereocenters. The summed E-state index contributed by atoms with van der Waals surface area (Å²) in [6.07, 6.45) is 14.5. The van der Waals surface area contributed by atoms with Crippen molar-refractivity contribution in [2.24, 2.45) is 0 Å². The highest BCUT2D eigenvalue weighted by Gasteiger charge is 2.21. The van der Waals surface area contributed by atoms with E-state index in [1.165, 1.54) is 51.5 Å². The quantitative estimate of drug-likeness (QED) is 0.579. The van der Waals surface area contributed by atoms with E-state index in [1.807, 2.05) is 0 Å². The molecule has 0 fully saturated rings. The summed E-state index contributed by atoms with van der Waals surface area (Å²) in [7, 11) is 2.19. The maximum atomic E-state index is 2.51. The molecule has 0 aromatic carbocycles. The van der Waals surface area contributed by atoms with Crippen LogP contribution in [0.15, 0.2) is 12.4 Å². The molecule has 1 unspecified atom stereocenters.